The van der Waals surface area contributed by atoms with E-state index in [1.807, 2.05) is 60.7 Å². The van der Waals surface area contributed by atoms with E-state index in [1.54, 1.807) is 0 Å². The van der Waals surface area contributed by atoms with Crippen molar-refractivity contribution < 1.29 is 4.42 Å². The van der Waals surface area contributed by atoms with Gasteiger partial charge in [-0.1, -0.05) is 152 Å². The smallest absolute Gasteiger partial charge is 0.164 e. The van der Waals surface area contributed by atoms with Crippen molar-refractivity contribution in [1.29, 1.82) is 0 Å². The Morgan fingerprint density at radius 2 is 0.873 bits per heavy atom. The highest BCUT2D eigenvalue weighted by Crippen LogP contribution is 2.45. The van der Waals surface area contributed by atoms with Gasteiger partial charge in [0.05, 0.1) is 33.1 Å². The zero-order chi connectivity index (χ0) is 41.4. The molecule has 0 amide bonds. The van der Waals surface area contributed by atoms with Gasteiger partial charge in [0.2, 0.25) is 0 Å². The molecular weight excluding hydrogens is 771 g/mol. The number of rotatable bonds is 6. The molecular formula is C57H35N5O. The lowest BCUT2D eigenvalue weighted by Crippen LogP contribution is -2.00. The van der Waals surface area contributed by atoms with E-state index in [-0.39, 0.29) is 0 Å². The van der Waals surface area contributed by atoms with E-state index in [2.05, 4.69) is 161 Å². The van der Waals surface area contributed by atoms with Gasteiger partial charge in [-0.2, -0.15) is 0 Å². The minimum absolute atomic E-state index is 0.584. The number of hydrogen-bond donors (Lipinski definition) is 0. The molecule has 6 heteroatoms. The summed E-state index contributed by atoms with van der Waals surface area (Å²) in [7, 11) is 0. The van der Waals surface area contributed by atoms with Gasteiger partial charge in [0.25, 0.3) is 0 Å². The number of aromatic nitrogens is 5. The summed E-state index contributed by atoms with van der Waals surface area (Å²) in [6.07, 6.45) is 0. The van der Waals surface area contributed by atoms with E-state index >= 15 is 0 Å². The first kappa shape index (κ1) is 35.2. The van der Waals surface area contributed by atoms with Gasteiger partial charge in [-0.25, -0.2) is 15.0 Å². The average Bonchev–Trinajstić information content (AvgIpc) is 4.02. The van der Waals surface area contributed by atoms with Crippen molar-refractivity contribution in [2.75, 3.05) is 0 Å². The molecule has 63 heavy (non-hydrogen) atoms. The SMILES string of the molecule is c1ccc(-c2ccc3c(c2)c2ccccc2n3-c2cccc3c4ccc5oc6cc(-c7nc(-c8ccccc8)nc(-c8ccccc8)n7)ccc6c5c4n(-c4ccccc4)c23)cc1. The molecule has 0 N–H and O–H groups in total. The van der Waals surface area contributed by atoms with Gasteiger partial charge >= 0.3 is 0 Å². The molecule has 0 saturated carbocycles. The van der Waals surface area contributed by atoms with E-state index in [0.29, 0.717) is 17.5 Å². The minimum Gasteiger partial charge on any atom is -0.456 e. The largest absolute Gasteiger partial charge is 0.456 e. The number of hydrogen-bond acceptors (Lipinski definition) is 4. The van der Waals surface area contributed by atoms with Gasteiger partial charge in [-0.3, -0.25) is 0 Å². The van der Waals surface area contributed by atoms with Crippen molar-refractivity contribution in [2.24, 2.45) is 0 Å². The zero-order valence-corrected chi connectivity index (χ0v) is 33.9. The van der Waals surface area contributed by atoms with E-state index in [9.17, 15) is 0 Å². The molecule has 9 aromatic carbocycles. The molecule has 0 aliphatic heterocycles. The van der Waals surface area contributed by atoms with Gasteiger partial charge in [0.15, 0.2) is 17.5 Å². The van der Waals surface area contributed by atoms with Crippen LogP contribution in [0.1, 0.15) is 0 Å². The van der Waals surface area contributed by atoms with E-state index in [0.717, 1.165) is 82.8 Å². The highest BCUT2D eigenvalue weighted by atomic mass is 16.3. The number of para-hydroxylation sites is 3. The number of benzene rings is 9. The summed E-state index contributed by atoms with van der Waals surface area (Å²) in [6.45, 7) is 0. The maximum Gasteiger partial charge on any atom is 0.164 e. The molecule has 0 radical (unpaired) electrons. The molecule has 0 fully saturated rings. The summed E-state index contributed by atoms with van der Waals surface area (Å²) >= 11 is 0. The number of nitrogens with zero attached hydrogens (tertiary/aromatic N) is 5. The Morgan fingerprint density at radius 3 is 1.59 bits per heavy atom. The van der Waals surface area contributed by atoms with Gasteiger partial charge < -0.3 is 13.6 Å². The topological polar surface area (TPSA) is 61.7 Å². The van der Waals surface area contributed by atoms with Crippen LogP contribution in [0.25, 0.3) is 122 Å². The summed E-state index contributed by atoms with van der Waals surface area (Å²) < 4.78 is 11.7. The summed E-state index contributed by atoms with van der Waals surface area (Å²) in [5.41, 5.74) is 13.4. The maximum atomic E-state index is 6.82. The lowest BCUT2D eigenvalue weighted by molar-refractivity contribution is 0.669. The molecule has 0 saturated heterocycles. The van der Waals surface area contributed by atoms with E-state index < -0.39 is 0 Å². The summed E-state index contributed by atoms with van der Waals surface area (Å²) in [4.78, 5) is 15.0. The fraction of sp³-hybridized carbons (Fsp3) is 0. The summed E-state index contributed by atoms with van der Waals surface area (Å²) in [5.74, 6) is 1.82. The van der Waals surface area contributed by atoms with Crippen LogP contribution >= 0.6 is 0 Å². The zero-order valence-electron chi connectivity index (χ0n) is 33.9. The maximum absolute atomic E-state index is 6.82. The van der Waals surface area contributed by atoms with Crippen molar-refractivity contribution in [3.05, 3.63) is 212 Å². The molecule has 0 aliphatic carbocycles. The normalized spacial score (nSPS) is 11.8. The Labute approximate surface area is 361 Å². The average molecular weight is 806 g/mol. The van der Waals surface area contributed by atoms with Crippen LogP contribution in [0.15, 0.2) is 217 Å². The van der Waals surface area contributed by atoms with Crippen LogP contribution in [0, 0.1) is 0 Å². The highest BCUT2D eigenvalue weighted by molar-refractivity contribution is 6.26. The van der Waals surface area contributed by atoms with Crippen LogP contribution in [0.3, 0.4) is 0 Å². The van der Waals surface area contributed by atoms with Crippen LogP contribution in [-0.4, -0.2) is 24.1 Å². The predicted molar refractivity (Wildman–Crippen MR) is 258 cm³/mol. The second-order valence-corrected chi connectivity index (χ2v) is 16.0. The first-order valence-corrected chi connectivity index (χ1v) is 21.2. The Bertz CT molecular complexity index is 3830. The van der Waals surface area contributed by atoms with Crippen LogP contribution in [0.4, 0.5) is 0 Å². The fourth-order valence-corrected chi connectivity index (χ4v) is 9.53. The van der Waals surface area contributed by atoms with Crippen molar-refractivity contribution in [2.45, 2.75) is 0 Å². The van der Waals surface area contributed by atoms with Crippen molar-refractivity contribution in [3.8, 4) is 56.7 Å². The van der Waals surface area contributed by atoms with Crippen molar-refractivity contribution >= 4 is 65.6 Å². The quantitative estimate of drug-likeness (QED) is 0.168. The third-order valence-corrected chi connectivity index (χ3v) is 12.4. The Morgan fingerprint density at radius 1 is 0.317 bits per heavy atom. The third kappa shape index (κ3) is 5.55. The second-order valence-electron chi connectivity index (χ2n) is 16.0. The first-order chi connectivity index (χ1) is 31.2. The standard InChI is InChI=1S/C57H35N5O/c1-5-16-36(17-6-1)39-29-32-48-46(34-39)42-24-13-14-26-47(42)62(48)49-27-15-25-43-44-31-33-50-52(54(44)61(53(43)49)41-22-11-4-12-23-41)45-30-28-40(35-51(45)63-50)57-59-55(37-18-7-2-8-19-37)58-56(60-57)38-20-9-3-10-21-38/h1-35H. The van der Waals surface area contributed by atoms with Gasteiger partial charge in [0, 0.05) is 49.3 Å². The van der Waals surface area contributed by atoms with Gasteiger partial charge in [-0.15, -0.1) is 0 Å². The third-order valence-electron chi connectivity index (χ3n) is 12.4. The van der Waals surface area contributed by atoms with Gasteiger partial charge in [-0.05, 0) is 71.8 Å². The van der Waals surface area contributed by atoms with Crippen LogP contribution < -0.4 is 0 Å². The molecule has 294 valence electrons. The highest BCUT2D eigenvalue weighted by Gasteiger charge is 2.24. The lowest BCUT2D eigenvalue weighted by atomic mass is 10.0. The molecule has 0 spiro atoms. The van der Waals surface area contributed by atoms with E-state index in [1.165, 1.54) is 21.9 Å². The summed E-state index contributed by atoms with van der Waals surface area (Å²) in [6, 6.07) is 74.5. The lowest BCUT2D eigenvalue weighted by Gasteiger charge is -2.14. The van der Waals surface area contributed by atoms with Gasteiger partial charge in [0.1, 0.15) is 11.2 Å². The molecule has 13 aromatic rings. The number of fused-ring (bicyclic) bond motifs is 10. The molecule has 0 bridgehead atoms. The van der Waals surface area contributed by atoms with Crippen LogP contribution in [0.2, 0.25) is 0 Å². The van der Waals surface area contributed by atoms with E-state index in [4.69, 9.17) is 19.4 Å². The molecule has 6 nitrogen and oxygen atoms in total. The van der Waals surface area contributed by atoms with Crippen molar-refractivity contribution in [1.82, 2.24) is 24.1 Å². The molecule has 0 aliphatic rings. The van der Waals surface area contributed by atoms with Crippen LogP contribution in [-0.2, 0) is 0 Å². The Hall–Kier alpha value is -8.61. The minimum atomic E-state index is 0.584. The monoisotopic (exact) mass is 805 g/mol. The Kier molecular flexibility index (Phi) is 7.80. The number of furan rings is 1. The first-order valence-electron chi connectivity index (χ1n) is 21.2. The fourth-order valence-electron chi connectivity index (χ4n) is 9.53. The Balaban J connectivity index is 1.06. The molecule has 13 rings (SSSR count). The van der Waals surface area contributed by atoms with Crippen molar-refractivity contribution in [3.63, 3.8) is 0 Å². The molecule has 0 atom stereocenters. The summed E-state index contributed by atoms with van der Waals surface area (Å²) in [5, 5.41) is 6.83. The second kappa shape index (κ2) is 14.0. The molecule has 4 heterocycles. The van der Waals surface area contributed by atoms with Crippen LogP contribution in [0.5, 0.6) is 0 Å². The predicted octanol–water partition coefficient (Wildman–Crippen LogP) is 14.6. The molecule has 0 unspecified atom stereocenters. The molecule has 4 aromatic heterocycles.